The molecule has 0 spiro atoms. The Bertz CT molecular complexity index is 233. The standard InChI is InChI=1S/C9H15NO4/c11-8-5-14-4-7-2-1-6(9(12)13)3-10(7)8/h6-8,11H,1-5H2,(H,12,13)/t6-,7+,8?/m0/s1. The highest BCUT2D eigenvalue weighted by Crippen LogP contribution is 2.26. The third-order valence-corrected chi connectivity index (χ3v) is 3.06. The Morgan fingerprint density at radius 3 is 2.86 bits per heavy atom. The molecule has 0 aromatic carbocycles. The summed E-state index contributed by atoms with van der Waals surface area (Å²) in [5.41, 5.74) is 0. The lowest BCUT2D eigenvalue weighted by Gasteiger charge is -2.43. The van der Waals surface area contributed by atoms with Crippen molar-refractivity contribution in [2.24, 2.45) is 5.92 Å². The smallest absolute Gasteiger partial charge is 0.307 e. The Hall–Kier alpha value is -0.650. The van der Waals surface area contributed by atoms with Gasteiger partial charge in [0.1, 0.15) is 6.23 Å². The zero-order chi connectivity index (χ0) is 10.1. The maximum atomic E-state index is 10.8. The zero-order valence-electron chi connectivity index (χ0n) is 7.93. The van der Waals surface area contributed by atoms with E-state index in [4.69, 9.17) is 9.84 Å². The van der Waals surface area contributed by atoms with E-state index in [9.17, 15) is 9.90 Å². The van der Waals surface area contributed by atoms with Gasteiger partial charge in [0.2, 0.25) is 0 Å². The summed E-state index contributed by atoms with van der Waals surface area (Å²) in [6.07, 6.45) is 0.858. The summed E-state index contributed by atoms with van der Waals surface area (Å²) >= 11 is 0. The number of aliphatic hydroxyl groups is 1. The van der Waals surface area contributed by atoms with Crippen LogP contribution in [0.1, 0.15) is 12.8 Å². The van der Waals surface area contributed by atoms with Crippen LogP contribution in [0.25, 0.3) is 0 Å². The third-order valence-electron chi connectivity index (χ3n) is 3.06. The summed E-state index contributed by atoms with van der Waals surface area (Å²) in [6.45, 7) is 1.36. The van der Waals surface area contributed by atoms with Crippen molar-refractivity contribution < 1.29 is 19.7 Å². The van der Waals surface area contributed by atoms with Crippen LogP contribution in [0.15, 0.2) is 0 Å². The number of aliphatic hydroxyl groups excluding tert-OH is 1. The van der Waals surface area contributed by atoms with Crippen LogP contribution in [-0.2, 0) is 9.53 Å². The number of hydrogen-bond acceptors (Lipinski definition) is 4. The van der Waals surface area contributed by atoms with Crippen molar-refractivity contribution >= 4 is 5.97 Å². The quantitative estimate of drug-likeness (QED) is 0.598. The van der Waals surface area contributed by atoms with Crippen LogP contribution in [0.3, 0.4) is 0 Å². The highest BCUT2D eigenvalue weighted by molar-refractivity contribution is 5.70. The normalized spacial score (nSPS) is 39.1. The molecule has 2 aliphatic rings. The zero-order valence-corrected chi connectivity index (χ0v) is 7.93. The molecular formula is C9H15NO4. The molecule has 0 aromatic heterocycles. The average molecular weight is 201 g/mol. The minimum atomic E-state index is -0.762. The second kappa shape index (κ2) is 3.84. The first-order chi connectivity index (χ1) is 6.68. The summed E-state index contributed by atoms with van der Waals surface area (Å²) in [6, 6.07) is 0.203. The first-order valence-corrected chi connectivity index (χ1v) is 4.93. The van der Waals surface area contributed by atoms with Gasteiger partial charge in [-0.15, -0.1) is 0 Å². The molecule has 0 saturated carbocycles. The Morgan fingerprint density at radius 1 is 1.36 bits per heavy atom. The first kappa shape index (κ1) is 9.89. The predicted octanol–water partition coefficient (Wildman–Crippen LogP) is -0.500. The minimum absolute atomic E-state index is 0.203. The van der Waals surface area contributed by atoms with Crippen molar-refractivity contribution in [3.63, 3.8) is 0 Å². The topological polar surface area (TPSA) is 70.0 Å². The van der Waals surface area contributed by atoms with Gasteiger partial charge in [0.25, 0.3) is 0 Å². The van der Waals surface area contributed by atoms with Crippen molar-refractivity contribution in [1.29, 1.82) is 0 Å². The van der Waals surface area contributed by atoms with Crippen LogP contribution in [0.4, 0.5) is 0 Å². The summed E-state index contributed by atoms with van der Waals surface area (Å²) in [5, 5.41) is 18.5. The molecule has 2 N–H and O–H groups in total. The van der Waals surface area contributed by atoms with Crippen LogP contribution in [-0.4, -0.2) is 53.1 Å². The number of aliphatic carboxylic acids is 1. The molecule has 0 amide bonds. The van der Waals surface area contributed by atoms with Crippen LogP contribution >= 0.6 is 0 Å². The van der Waals surface area contributed by atoms with E-state index in [1.165, 1.54) is 0 Å². The highest BCUT2D eigenvalue weighted by Gasteiger charge is 2.37. The Morgan fingerprint density at radius 2 is 2.14 bits per heavy atom. The van der Waals surface area contributed by atoms with Gasteiger partial charge in [0.05, 0.1) is 19.1 Å². The van der Waals surface area contributed by atoms with Gasteiger partial charge in [-0.25, -0.2) is 0 Å². The number of carbonyl (C=O) groups is 1. The average Bonchev–Trinajstić information content (AvgIpc) is 2.18. The molecule has 2 aliphatic heterocycles. The lowest BCUT2D eigenvalue weighted by molar-refractivity contribution is -0.165. The molecule has 1 unspecified atom stereocenters. The van der Waals surface area contributed by atoms with E-state index in [1.807, 2.05) is 4.90 Å². The molecule has 0 radical (unpaired) electrons. The second-order valence-corrected chi connectivity index (χ2v) is 3.98. The molecule has 0 aromatic rings. The molecule has 5 nitrogen and oxygen atoms in total. The summed E-state index contributed by atoms with van der Waals surface area (Å²) in [5.74, 6) is -1.10. The molecule has 2 rings (SSSR count). The number of piperidine rings is 1. The molecular weight excluding hydrogens is 186 g/mol. The first-order valence-electron chi connectivity index (χ1n) is 4.93. The van der Waals surface area contributed by atoms with Gasteiger partial charge in [-0.3, -0.25) is 9.69 Å². The molecule has 2 heterocycles. The Kier molecular flexibility index (Phi) is 2.71. The number of nitrogens with zero attached hydrogens (tertiary/aromatic N) is 1. The van der Waals surface area contributed by atoms with Crippen LogP contribution < -0.4 is 0 Å². The molecule has 14 heavy (non-hydrogen) atoms. The van der Waals surface area contributed by atoms with E-state index in [0.717, 1.165) is 6.42 Å². The van der Waals surface area contributed by atoms with Crippen LogP contribution in [0.2, 0.25) is 0 Å². The van der Waals surface area contributed by atoms with Gasteiger partial charge in [-0.05, 0) is 12.8 Å². The number of hydrogen-bond donors (Lipinski definition) is 2. The van der Waals surface area contributed by atoms with Crippen molar-refractivity contribution in [1.82, 2.24) is 4.90 Å². The molecule has 2 saturated heterocycles. The van der Waals surface area contributed by atoms with Crippen molar-refractivity contribution in [3.05, 3.63) is 0 Å². The minimum Gasteiger partial charge on any atom is -0.481 e. The number of carboxylic acid groups (broad SMARTS) is 1. The van der Waals surface area contributed by atoms with Crippen molar-refractivity contribution in [2.75, 3.05) is 19.8 Å². The fourth-order valence-corrected chi connectivity index (χ4v) is 2.21. The summed E-state index contributed by atoms with van der Waals surface area (Å²) < 4.78 is 5.21. The van der Waals surface area contributed by atoms with Crippen molar-refractivity contribution in [3.8, 4) is 0 Å². The molecule has 3 atom stereocenters. The second-order valence-electron chi connectivity index (χ2n) is 3.98. The van der Waals surface area contributed by atoms with Gasteiger partial charge in [0.15, 0.2) is 0 Å². The molecule has 0 aliphatic carbocycles. The number of fused-ring (bicyclic) bond motifs is 1. The Labute approximate surface area is 82.3 Å². The molecule has 5 heteroatoms. The largest absolute Gasteiger partial charge is 0.481 e. The number of morpholine rings is 1. The van der Waals surface area contributed by atoms with E-state index in [2.05, 4.69) is 0 Å². The van der Waals surface area contributed by atoms with E-state index in [1.54, 1.807) is 0 Å². The monoisotopic (exact) mass is 201 g/mol. The summed E-state index contributed by atoms with van der Waals surface area (Å²) in [4.78, 5) is 12.6. The highest BCUT2D eigenvalue weighted by atomic mass is 16.5. The molecule has 0 bridgehead atoms. The molecule has 2 fully saturated rings. The SMILES string of the molecule is O=C(O)[C@H]1CC[C@@H]2COCC(O)N2C1. The van der Waals surface area contributed by atoms with Crippen LogP contribution in [0, 0.1) is 5.92 Å². The van der Waals surface area contributed by atoms with Gasteiger partial charge in [-0.2, -0.15) is 0 Å². The number of ether oxygens (including phenoxy) is 1. The van der Waals surface area contributed by atoms with Crippen LogP contribution in [0.5, 0.6) is 0 Å². The lowest BCUT2D eigenvalue weighted by atomic mass is 9.92. The third kappa shape index (κ3) is 1.75. The molecule has 80 valence electrons. The van der Waals surface area contributed by atoms with Gasteiger partial charge in [-0.1, -0.05) is 0 Å². The fourth-order valence-electron chi connectivity index (χ4n) is 2.21. The maximum absolute atomic E-state index is 10.8. The van der Waals surface area contributed by atoms with E-state index in [0.29, 0.717) is 26.2 Å². The van der Waals surface area contributed by atoms with Crippen molar-refractivity contribution in [2.45, 2.75) is 25.1 Å². The lowest BCUT2D eigenvalue weighted by Crippen LogP contribution is -2.57. The van der Waals surface area contributed by atoms with E-state index >= 15 is 0 Å². The fraction of sp³-hybridized carbons (Fsp3) is 0.889. The van der Waals surface area contributed by atoms with Gasteiger partial charge >= 0.3 is 5.97 Å². The van der Waals surface area contributed by atoms with E-state index in [-0.39, 0.29) is 12.0 Å². The van der Waals surface area contributed by atoms with E-state index < -0.39 is 12.2 Å². The van der Waals surface area contributed by atoms with Gasteiger partial charge in [0, 0.05) is 12.6 Å². The number of carboxylic acids is 1. The number of rotatable bonds is 1. The summed E-state index contributed by atoms with van der Waals surface area (Å²) in [7, 11) is 0. The van der Waals surface area contributed by atoms with Gasteiger partial charge < -0.3 is 14.9 Å². The predicted molar refractivity (Wildman–Crippen MR) is 47.7 cm³/mol. The maximum Gasteiger partial charge on any atom is 0.307 e. The Balaban J connectivity index is 2.01.